The van der Waals surface area contributed by atoms with Crippen molar-refractivity contribution in [2.75, 3.05) is 17.3 Å². The van der Waals surface area contributed by atoms with Crippen LogP contribution in [0, 0.1) is 0 Å². The fourth-order valence-electron chi connectivity index (χ4n) is 2.69. The van der Waals surface area contributed by atoms with E-state index >= 15 is 0 Å². The number of thiophene rings is 1. The number of carbonyl (C=O) groups is 2. The van der Waals surface area contributed by atoms with E-state index < -0.39 is 0 Å². The molecule has 3 aromatic rings. The van der Waals surface area contributed by atoms with Gasteiger partial charge in [0.1, 0.15) is 5.75 Å². The molecule has 0 radical (unpaired) electrons. The number of nitrogens with one attached hydrogen (secondary N) is 1. The second-order valence-electron chi connectivity index (χ2n) is 5.61. The highest BCUT2D eigenvalue weighted by molar-refractivity contribution is 7.08. The van der Waals surface area contributed by atoms with Crippen molar-refractivity contribution in [2.24, 2.45) is 0 Å². The summed E-state index contributed by atoms with van der Waals surface area (Å²) in [5.41, 5.74) is 2.37. The number of fused-ring (bicyclic) bond motifs is 2. The monoisotopic (exact) mass is 350 g/mol. The van der Waals surface area contributed by atoms with Gasteiger partial charge in [-0.2, -0.15) is 11.3 Å². The Kier molecular flexibility index (Phi) is 3.74. The minimum atomic E-state index is -0.181. The first kappa shape index (κ1) is 15.4. The smallest absolute Gasteiger partial charge is 0.261 e. The van der Waals surface area contributed by atoms with E-state index in [-0.39, 0.29) is 11.8 Å². The Morgan fingerprint density at radius 2 is 1.96 bits per heavy atom. The van der Waals surface area contributed by atoms with E-state index in [0.29, 0.717) is 34.0 Å². The van der Waals surface area contributed by atoms with E-state index in [1.807, 2.05) is 11.4 Å². The first-order valence-electron chi connectivity index (χ1n) is 7.66. The van der Waals surface area contributed by atoms with Crippen molar-refractivity contribution in [2.45, 2.75) is 0 Å². The Bertz CT molecular complexity index is 967. The zero-order valence-electron chi connectivity index (χ0n) is 13.4. The zero-order valence-corrected chi connectivity index (χ0v) is 14.2. The molecule has 0 saturated heterocycles. The van der Waals surface area contributed by atoms with Gasteiger partial charge >= 0.3 is 0 Å². The van der Waals surface area contributed by atoms with Gasteiger partial charge in [0.05, 0.1) is 16.8 Å². The summed E-state index contributed by atoms with van der Waals surface area (Å²) in [6.07, 6.45) is 0. The summed E-state index contributed by atoms with van der Waals surface area (Å²) in [6, 6.07) is 14.1. The summed E-state index contributed by atoms with van der Waals surface area (Å²) in [5.74, 6) is 0.701. The van der Waals surface area contributed by atoms with Crippen molar-refractivity contribution in [3.63, 3.8) is 0 Å². The molecule has 2 aromatic carbocycles. The third-order valence-electron chi connectivity index (χ3n) is 4.00. The van der Waals surface area contributed by atoms with Crippen molar-refractivity contribution in [1.29, 1.82) is 0 Å². The molecule has 0 bridgehead atoms. The predicted octanol–water partition coefficient (Wildman–Crippen LogP) is 4.38. The van der Waals surface area contributed by atoms with E-state index in [2.05, 4.69) is 5.32 Å². The number of nitrogens with zero attached hydrogens (tertiary/aromatic N) is 1. The summed E-state index contributed by atoms with van der Waals surface area (Å²) in [7, 11) is 1.70. The molecular formula is C19H14N2O3S. The standard InChI is InChI=1S/C19H14N2O3S/c1-21-15-7-6-13(20-18(22)12-8-9-25-11-12)10-17(15)24-16-5-3-2-4-14(16)19(21)23/h2-11H,1H3,(H,20,22). The number of amides is 2. The maximum absolute atomic E-state index is 12.6. The van der Waals surface area contributed by atoms with Gasteiger partial charge in [-0.3, -0.25) is 9.59 Å². The van der Waals surface area contributed by atoms with Gasteiger partial charge < -0.3 is 15.0 Å². The Balaban J connectivity index is 1.70. The number of para-hydroxylation sites is 1. The number of ether oxygens (including phenoxy) is 1. The molecule has 0 aliphatic carbocycles. The van der Waals surface area contributed by atoms with Crippen LogP contribution in [0.2, 0.25) is 0 Å². The molecule has 4 rings (SSSR count). The second kappa shape index (κ2) is 6.07. The van der Waals surface area contributed by atoms with Gasteiger partial charge in [-0.25, -0.2) is 0 Å². The summed E-state index contributed by atoms with van der Waals surface area (Å²) in [5, 5.41) is 6.49. The van der Waals surface area contributed by atoms with Crippen LogP contribution in [0.4, 0.5) is 11.4 Å². The van der Waals surface area contributed by atoms with E-state index in [4.69, 9.17) is 4.74 Å². The van der Waals surface area contributed by atoms with Gasteiger partial charge in [-0.05, 0) is 35.7 Å². The number of hydrogen-bond donors (Lipinski definition) is 1. The average Bonchev–Trinajstić information content (AvgIpc) is 3.13. The zero-order chi connectivity index (χ0) is 17.4. The molecule has 2 heterocycles. The van der Waals surface area contributed by atoms with Crippen molar-refractivity contribution >= 4 is 34.5 Å². The van der Waals surface area contributed by atoms with Gasteiger partial charge in [-0.1, -0.05) is 12.1 Å². The molecular weight excluding hydrogens is 336 g/mol. The number of hydrogen-bond acceptors (Lipinski definition) is 4. The van der Waals surface area contributed by atoms with Gasteiger partial charge in [0.25, 0.3) is 11.8 Å². The van der Waals surface area contributed by atoms with Crippen LogP contribution in [0.15, 0.2) is 59.3 Å². The molecule has 124 valence electrons. The van der Waals surface area contributed by atoms with E-state index in [1.165, 1.54) is 11.3 Å². The van der Waals surface area contributed by atoms with E-state index in [9.17, 15) is 9.59 Å². The molecule has 2 amide bonds. The Morgan fingerprint density at radius 3 is 2.76 bits per heavy atom. The maximum Gasteiger partial charge on any atom is 0.261 e. The summed E-state index contributed by atoms with van der Waals surface area (Å²) >= 11 is 1.47. The fraction of sp³-hybridized carbons (Fsp3) is 0.0526. The Labute approximate surface area is 148 Å². The third-order valence-corrected chi connectivity index (χ3v) is 4.69. The van der Waals surface area contributed by atoms with Crippen molar-refractivity contribution < 1.29 is 14.3 Å². The lowest BCUT2D eigenvalue weighted by Crippen LogP contribution is -2.25. The minimum Gasteiger partial charge on any atom is -0.454 e. The van der Waals surface area contributed by atoms with E-state index in [1.54, 1.807) is 59.8 Å². The van der Waals surface area contributed by atoms with Crippen molar-refractivity contribution in [1.82, 2.24) is 0 Å². The lowest BCUT2D eigenvalue weighted by atomic mass is 10.2. The topological polar surface area (TPSA) is 58.6 Å². The largest absolute Gasteiger partial charge is 0.454 e. The lowest BCUT2D eigenvalue weighted by Gasteiger charge is -2.17. The molecule has 1 N–H and O–H groups in total. The number of rotatable bonds is 2. The van der Waals surface area contributed by atoms with Crippen molar-refractivity contribution in [3.8, 4) is 11.5 Å². The molecule has 6 heteroatoms. The molecule has 1 aliphatic heterocycles. The number of carbonyl (C=O) groups excluding carboxylic acids is 2. The lowest BCUT2D eigenvalue weighted by molar-refractivity contribution is 0.0991. The van der Waals surface area contributed by atoms with Crippen LogP contribution in [0.3, 0.4) is 0 Å². The second-order valence-corrected chi connectivity index (χ2v) is 6.39. The molecule has 0 unspecified atom stereocenters. The Morgan fingerprint density at radius 1 is 1.12 bits per heavy atom. The summed E-state index contributed by atoms with van der Waals surface area (Å²) < 4.78 is 5.94. The fourth-order valence-corrected chi connectivity index (χ4v) is 3.32. The highest BCUT2D eigenvalue weighted by atomic mass is 32.1. The van der Waals surface area contributed by atoms with Crippen LogP contribution in [0.5, 0.6) is 11.5 Å². The Hall–Kier alpha value is -3.12. The predicted molar refractivity (Wildman–Crippen MR) is 98.0 cm³/mol. The minimum absolute atomic E-state index is 0.135. The molecule has 25 heavy (non-hydrogen) atoms. The highest BCUT2D eigenvalue weighted by Crippen LogP contribution is 2.39. The first-order valence-corrected chi connectivity index (χ1v) is 8.60. The molecule has 1 aliphatic rings. The van der Waals surface area contributed by atoms with Gasteiger partial charge in [0, 0.05) is 24.2 Å². The molecule has 1 aromatic heterocycles. The summed E-state index contributed by atoms with van der Waals surface area (Å²) in [4.78, 5) is 26.4. The SMILES string of the molecule is CN1C(=O)c2ccccc2Oc2cc(NC(=O)c3ccsc3)ccc21. The molecule has 0 fully saturated rings. The van der Waals surface area contributed by atoms with Crippen molar-refractivity contribution in [3.05, 3.63) is 70.4 Å². The van der Waals surface area contributed by atoms with Gasteiger partial charge in [0.2, 0.25) is 0 Å². The molecule has 0 atom stereocenters. The van der Waals surface area contributed by atoms with Crippen LogP contribution in [-0.2, 0) is 0 Å². The molecule has 0 saturated carbocycles. The average molecular weight is 350 g/mol. The first-order chi connectivity index (χ1) is 12.1. The third kappa shape index (κ3) is 2.77. The van der Waals surface area contributed by atoms with E-state index in [0.717, 1.165) is 0 Å². The van der Waals surface area contributed by atoms with Crippen LogP contribution < -0.4 is 15.0 Å². The number of benzene rings is 2. The quantitative estimate of drug-likeness (QED) is 0.746. The molecule has 5 nitrogen and oxygen atoms in total. The van der Waals surface area contributed by atoms with Gasteiger partial charge in [-0.15, -0.1) is 0 Å². The number of anilines is 2. The van der Waals surface area contributed by atoms with Crippen LogP contribution in [0.1, 0.15) is 20.7 Å². The van der Waals surface area contributed by atoms with Gasteiger partial charge in [0.15, 0.2) is 5.75 Å². The normalized spacial score (nSPS) is 12.7. The van der Waals surface area contributed by atoms with Crippen LogP contribution >= 0.6 is 11.3 Å². The highest BCUT2D eigenvalue weighted by Gasteiger charge is 2.25. The van der Waals surface area contributed by atoms with Crippen LogP contribution in [-0.4, -0.2) is 18.9 Å². The molecule has 0 spiro atoms. The maximum atomic E-state index is 12.6. The van der Waals surface area contributed by atoms with Crippen LogP contribution in [0.25, 0.3) is 0 Å². The summed E-state index contributed by atoms with van der Waals surface area (Å²) in [6.45, 7) is 0.